The smallest absolute Gasteiger partial charge is 0.133 e. The molecule has 36 heavy (non-hydrogen) atoms. The van der Waals surface area contributed by atoms with Crippen molar-refractivity contribution in [2.45, 2.75) is 51.6 Å². The van der Waals surface area contributed by atoms with E-state index in [1.54, 1.807) is 6.20 Å². The molecule has 0 fully saturated rings. The van der Waals surface area contributed by atoms with Crippen molar-refractivity contribution in [3.8, 4) is 0 Å². The van der Waals surface area contributed by atoms with E-state index in [-0.39, 0.29) is 5.92 Å². The first-order chi connectivity index (χ1) is 17.7. The van der Waals surface area contributed by atoms with Gasteiger partial charge in [-0.3, -0.25) is 4.79 Å². The summed E-state index contributed by atoms with van der Waals surface area (Å²) in [4.78, 5) is 17.4. The number of imidazole rings is 1. The summed E-state index contributed by atoms with van der Waals surface area (Å²) in [6.07, 6.45) is 10.9. The Labute approximate surface area is 213 Å². The second kappa shape index (κ2) is 11.2. The first kappa shape index (κ1) is 23.8. The number of rotatable bonds is 11. The third-order valence-corrected chi connectivity index (χ3v) is 6.95. The van der Waals surface area contributed by atoms with Gasteiger partial charge >= 0.3 is 0 Å². The van der Waals surface area contributed by atoms with Gasteiger partial charge in [0.05, 0.1) is 6.33 Å². The molecule has 1 atom stereocenters. The molecule has 3 aromatic carbocycles. The van der Waals surface area contributed by atoms with Crippen LogP contribution in [0.3, 0.4) is 0 Å². The van der Waals surface area contributed by atoms with Crippen LogP contribution in [-0.2, 0) is 17.9 Å². The minimum absolute atomic E-state index is 0.0352. The van der Waals surface area contributed by atoms with E-state index in [0.717, 1.165) is 25.9 Å². The Hall–Kier alpha value is -3.92. The molecule has 0 saturated carbocycles. The lowest BCUT2D eigenvalue weighted by molar-refractivity contribution is -0.119. The number of carbonyl (C=O) groups excluding carboxylic acids is 1. The summed E-state index contributed by atoms with van der Waals surface area (Å²) in [5.41, 5.74) is 6.15. The van der Waals surface area contributed by atoms with Crippen molar-refractivity contribution in [2.24, 2.45) is 0 Å². The maximum absolute atomic E-state index is 13.3. The number of fused-ring (bicyclic) bond motifs is 1. The standard InChI is InChI=1S/C32H33N3O/c1-25-10-9-13-27(20-25)30(21-28(36)14-7-8-18-34-19-17-33-24-34)31-23-35(22-26-11-3-2-4-12-26)32-16-6-5-15-29(31)32/h2-6,9-13,15-17,19-20,23-24,30H,7-8,14,18,21-22H2,1H3. The zero-order valence-electron chi connectivity index (χ0n) is 20.9. The SMILES string of the molecule is Cc1cccc(C(CC(=O)CCCCn2ccnc2)c2cn(Cc3ccccc3)c3ccccc23)c1. The van der Waals surface area contributed by atoms with Crippen LogP contribution in [0.25, 0.3) is 10.9 Å². The number of nitrogens with zero attached hydrogens (tertiary/aromatic N) is 3. The Morgan fingerprint density at radius 1 is 0.944 bits per heavy atom. The summed E-state index contributed by atoms with van der Waals surface area (Å²) >= 11 is 0. The monoisotopic (exact) mass is 475 g/mol. The zero-order valence-corrected chi connectivity index (χ0v) is 20.9. The lowest BCUT2D eigenvalue weighted by Crippen LogP contribution is -2.09. The first-order valence-electron chi connectivity index (χ1n) is 12.8. The number of hydrogen-bond acceptors (Lipinski definition) is 2. The molecule has 182 valence electrons. The van der Waals surface area contributed by atoms with Crippen LogP contribution in [0.15, 0.2) is 104 Å². The molecule has 0 aliphatic carbocycles. The number of ketones is 1. The highest BCUT2D eigenvalue weighted by molar-refractivity contribution is 5.87. The molecule has 0 aliphatic heterocycles. The molecule has 0 saturated heterocycles. The second-order valence-electron chi connectivity index (χ2n) is 9.68. The van der Waals surface area contributed by atoms with Crippen molar-refractivity contribution >= 4 is 16.7 Å². The average Bonchev–Trinajstić information content (AvgIpc) is 3.54. The quantitative estimate of drug-likeness (QED) is 0.190. The number of para-hydroxylation sites is 1. The summed E-state index contributed by atoms with van der Waals surface area (Å²) in [5, 5.41) is 1.23. The molecule has 5 aromatic rings. The Morgan fingerprint density at radius 3 is 2.58 bits per heavy atom. The molecule has 1 unspecified atom stereocenters. The molecule has 0 radical (unpaired) electrons. The van der Waals surface area contributed by atoms with E-state index >= 15 is 0 Å². The van der Waals surface area contributed by atoms with Gasteiger partial charge in [0.2, 0.25) is 0 Å². The molecule has 0 bridgehead atoms. The lowest BCUT2D eigenvalue weighted by atomic mass is 9.85. The van der Waals surface area contributed by atoms with Gasteiger partial charge in [-0.25, -0.2) is 4.98 Å². The molecule has 0 N–H and O–H groups in total. The Kier molecular flexibility index (Phi) is 7.41. The minimum Gasteiger partial charge on any atom is -0.343 e. The van der Waals surface area contributed by atoms with Gasteiger partial charge in [0.25, 0.3) is 0 Å². The van der Waals surface area contributed by atoms with Gasteiger partial charge < -0.3 is 9.13 Å². The molecule has 0 amide bonds. The van der Waals surface area contributed by atoms with E-state index in [1.165, 1.54) is 33.2 Å². The van der Waals surface area contributed by atoms with E-state index in [0.29, 0.717) is 18.6 Å². The van der Waals surface area contributed by atoms with Crippen LogP contribution in [-0.4, -0.2) is 19.9 Å². The van der Waals surface area contributed by atoms with Gasteiger partial charge in [0.1, 0.15) is 5.78 Å². The summed E-state index contributed by atoms with van der Waals surface area (Å²) in [6.45, 7) is 3.84. The Balaban J connectivity index is 1.41. The fraction of sp³-hybridized carbons (Fsp3) is 0.250. The van der Waals surface area contributed by atoms with Crippen molar-refractivity contribution in [3.05, 3.63) is 126 Å². The van der Waals surface area contributed by atoms with Crippen LogP contribution in [0.4, 0.5) is 0 Å². The summed E-state index contributed by atoms with van der Waals surface area (Å²) in [5.74, 6) is 0.361. The van der Waals surface area contributed by atoms with Gasteiger partial charge in [-0.05, 0) is 42.5 Å². The van der Waals surface area contributed by atoms with Gasteiger partial charge in [-0.2, -0.15) is 0 Å². The molecule has 2 heterocycles. The summed E-state index contributed by atoms with van der Waals surface area (Å²) in [7, 11) is 0. The number of aromatic nitrogens is 3. The molecular weight excluding hydrogens is 442 g/mol. The van der Waals surface area contributed by atoms with Gasteiger partial charge in [0, 0.05) is 61.3 Å². The fourth-order valence-electron chi connectivity index (χ4n) is 5.12. The highest BCUT2D eigenvalue weighted by atomic mass is 16.1. The number of unbranched alkanes of at least 4 members (excludes halogenated alkanes) is 1. The van der Waals surface area contributed by atoms with E-state index in [1.807, 2.05) is 12.5 Å². The predicted molar refractivity (Wildman–Crippen MR) is 146 cm³/mol. The van der Waals surface area contributed by atoms with Crippen molar-refractivity contribution in [2.75, 3.05) is 0 Å². The largest absolute Gasteiger partial charge is 0.343 e. The third kappa shape index (κ3) is 5.65. The van der Waals surface area contributed by atoms with Crippen molar-refractivity contribution in [1.82, 2.24) is 14.1 Å². The van der Waals surface area contributed by atoms with E-state index < -0.39 is 0 Å². The van der Waals surface area contributed by atoms with Crippen LogP contribution in [0, 0.1) is 6.92 Å². The Bertz CT molecular complexity index is 1420. The maximum atomic E-state index is 13.3. The molecule has 2 aromatic heterocycles. The maximum Gasteiger partial charge on any atom is 0.133 e. The van der Waals surface area contributed by atoms with Crippen LogP contribution in [0.5, 0.6) is 0 Å². The minimum atomic E-state index is 0.0352. The number of aryl methyl sites for hydroxylation is 2. The lowest BCUT2D eigenvalue weighted by Gasteiger charge is -2.17. The van der Waals surface area contributed by atoms with Gasteiger partial charge in [-0.1, -0.05) is 78.4 Å². The fourth-order valence-corrected chi connectivity index (χ4v) is 5.12. The highest BCUT2D eigenvalue weighted by Crippen LogP contribution is 2.36. The molecule has 0 aliphatic rings. The summed E-state index contributed by atoms with van der Waals surface area (Å²) < 4.78 is 4.40. The molecule has 4 nitrogen and oxygen atoms in total. The number of hydrogen-bond donors (Lipinski definition) is 0. The zero-order chi connectivity index (χ0) is 24.7. The van der Waals surface area contributed by atoms with Crippen molar-refractivity contribution in [3.63, 3.8) is 0 Å². The van der Waals surface area contributed by atoms with Crippen LogP contribution in [0.2, 0.25) is 0 Å². The van der Waals surface area contributed by atoms with Gasteiger partial charge in [0.15, 0.2) is 0 Å². The van der Waals surface area contributed by atoms with Crippen molar-refractivity contribution < 1.29 is 4.79 Å². The van der Waals surface area contributed by atoms with E-state index in [2.05, 4.69) is 106 Å². The number of Topliss-reactive ketones (excluding diaryl/α,β-unsaturated/α-hetero) is 1. The molecular formula is C32H33N3O. The third-order valence-electron chi connectivity index (χ3n) is 6.95. The number of benzene rings is 3. The van der Waals surface area contributed by atoms with Gasteiger partial charge in [-0.15, -0.1) is 0 Å². The topological polar surface area (TPSA) is 39.8 Å². The first-order valence-corrected chi connectivity index (χ1v) is 12.8. The van der Waals surface area contributed by atoms with Crippen molar-refractivity contribution in [1.29, 1.82) is 0 Å². The normalized spacial score (nSPS) is 12.1. The van der Waals surface area contributed by atoms with Crippen LogP contribution >= 0.6 is 0 Å². The predicted octanol–water partition coefficient (Wildman–Crippen LogP) is 7.16. The second-order valence-corrected chi connectivity index (χ2v) is 9.68. The Morgan fingerprint density at radius 2 is 1.78 bits per heavy atom. The molecule has 5 rings (SSSR count). The van der Waals surface area contributed by atoms with E-state index in [4.69, 9.17) is 0 Å². The van der Waals surface area contributed by atoms with Crippen LogP contribution in [0.1, 0.15) is 53.9 Å². The van der Waals surface area contributed by atoms with Crippen LogP contribution < -0.4 is 0 Å². The number of carbonyl (C=O) groups is 1. The molecule has 4 heteroatoms. The summed E-state index contributed by atoms with van der Waals surface area (Å²) in [6, 6.07) is 27.8. The highest BCUT2D eigenvalue weighted by Gasteiger charge is 2.23. The van der Waals surface area contributed by atoms with E-state index in [9.17, 15) is 4.79 Å². The molecule has 0 spiro atoms. The average molecular weight is 476 g/mol.